The summed E-state index contributed by atoms with van der Waals surface area (Å²) in [5.74, 6) is -4.42. The van der Waals surface area contributed by atoms with Crippen LogP contribution in [0.1, 0.15) is 48.5 Å². The molecular formula is C43H66N8O14S. The van der Waals surface area contributed by atoms with E-state index in [1.165, 1.54) is 18.9 Å². The third-order valence-electron chi connectivity index (χ3n) is 9.78. The fraction of sp³-hybridized carbons (Fsp3) is 0.605. The van der Waals surface area contributed by atoms with Crippen molar-refractivity contribution >= 4 is 65.1 Å². The van der Waals surface area contributed by atoms with Crippen LogP contribution < -0.4 is 26.6 Å². The molecule has 2 atom stereocenters. The van der Waals surface area contributed by atoms with Crippen LogP contribution in [-0.2, 0) is 63.8 Å². The number of carboxylic acid groups (broad SMARTS) is 1. The molecule has 2 rings (SSSR count). The number of carboxylic acids is 1. The summed E-state index contributed by atoms with van der Waals surface area (Å²) in [5.41, 5.74) is 0.847. The molecule has 22 nitrogen and oxygen atoms in total. The first-order chi connectivity index (χ1) is 31.7. The number of carbonyl (C=O) groups excluding carboxylic acids is 8. The molecule has 0 bridgehead atoms. The number of nitrogens with zero attached hydrogens (tertiary/aromatic N) is 3. The number of carbonyl (C=O) groups is 9. The summed E-state index contributed by atoms with van der Waals surface area (Å²) in [5, 5.41) is 22.6. The SMILES string of the molecule is CCN(CCN(C)CC(=O)OC)CC(=O)NCCOCCOCCOCC(=O)NCc1cccc(C(=O)N[C@@H](CCSC)C(=O)NCC(=O)N[C@@H](CCCCN2C(=O)C=CC2=O)C(=O)O)c1. The number of hydrogen-bond acceptors (Lipinski definition) is 16. The third kappa shape index (κ3) is 24.2. The van der Waals surface area contributed by atoms with Crippen LogP contribution in [0.4, 0.5) is 0 Å². The van der Waals surface area contributed by atoms with E-state index in [2.05, 4.69) is 31.3 Å². The lowest BCUT2D eigenvalue weighted by atomic mass is 10.1. The van der Waals surface area contributed by atoms with Crippen LogP contribution >= 0.6 is 11.8 Å². The zero-order chi connectivity index (χ0) is 48.7. The molecular weight excluding hydrogens is 885 g/mol. The number of aliphatic carboxylic acids is 1. The first kappa shape index (κ1) is 56.7. The van der Waals surface area contributed by atoms with Crippen molar-refractivity contribution in [3.63, 3.8) is 0 Å². The maximum Gasteiger partial charge on any atom is 0.326 e. The highest BCUT2D eigenvalue weighted by Crippen LogP contribution is 2.10. The lowest BCUT2D eigenvalue weighted by Crippen LogP contribution is -2.51. The molecule has 1 aromatic rings. The highest BCUT2D eigenvalue weighted by molar-refractivity contribution is 7.98. The maximum absolute atomic E-state index is 13.2. The standard InChI is InChI=1S/C43H66N8O14S/c1-5-50(18-17-49(2)29-40(57)62-3)28-36(53)44-15-19-63-20-21-64-22-23-65-30-37(54)45-26-31-9-8-10-32(25-31)41(58)48-33(14-24-66-4)42(59)46-27-35(52)47-34(43(60)61)11-6-7-16-51-38(55)12-13-39(51)56/h8-10,12-13,25,33-34H,5-7,11,14-24,26-30H2,1-4H3,(H,44,53)(H,45,54)(H,46,59)(H,47,52)(H,48,58)(H,60,61)/t33-,34-/m0/s1. The minimum Gasteiger partial charge on any atom is -0.480 e. The van der Waals surface area contributed by atoms with E-state index in [0.717, 1.165) is 17.1 Å². The first-order valence-electron chi connectivity index (χ1n) is 21.6. The number of unbranched alkanes of at least 4 members (excludes halogenated alkanes) is 1. The highest BCUT2D eigenvalue weighted by Gasteiger charge is 2.26. The second kappa shape index (κ2) is 33.1. The van der Waals surface area contributed by atoms with Gasteiger partial charge in [0.2, 0.25) is 23.6 Å². The molecule has 0 saturated heterocycles. The Morgan fingerprint density at radius 1 is 0.803 bits per heavy atom. The van der Waals surface area contributed by atoms with Gasteiger partial charge in [-0.15, -0.1) is 0 Å². The van der Waals surface area contributed by atoms with E-state index < -0.39 is 54.1 Å². The van der Waals surface area contributed by atoms with Gasteiger partial charge < -0.3 is 50.6 Å². The van der Waals surface area contributed by atoms with Crippen molar-refractivity contribution in [3.05, 3.63) is 47.5 Å². The normalized spacial score (nSPS) is 13.1. The largest absolute Gasteiger partial charge is 0.480 e. The Balaban J connectivity index is 1.63. The van der Waals surface area contributed by atoms with Crippen molar-refractivity contribution in [1.82, 2.24) is 41.3 Å². The van der Waals surface area contributed by atoms with Gasteiger partial charge in [-0.2, -0.15) is 11.8 Å². The van der Waals surface area contributed by atoms with Gasteiger partial charge in [0, 0.05) is 50.4 Å². The summed E-state index contributed by atoms with van der Waals surface area (Å²) in [4.78, 5) is 115. The molecule has 0 aromatic heterocycles. The predicted molar refractivity (Wildman–Crippen MR) is 242 cm³/mol. The van der Waals surface area contributed by atoms with Gasteiger partial charge in [0.15, 0.2) is 0 Å². The Morgan fingerprint density at radius 2 is 1.50 bits per heavy atom. The zero-order valence-corrected chi connectivity index (χ0v) is 39.1. The Bertz CT molecular complexity index is 1770. The summed E-state index contributed by atoms with van der Waals surface area (Å²) in [6, 6.07) is 4.20. The first-order valence-corrected chi connectivity index (χ1v) is 23.0. The van der Waals surface area contributed by atoms with Crippen molar-refractivity contribution in [2.75, 3.05) is 118 Å². The summed E-state index contributed by atoms with van der Waals surface area (Å²) in [7, 11) is 3.16. The topological polar surface area (TPSA) is 281 Å². The van der Waals surface area contributed by atoms with Crippen LogP contribution in [0.25, 0.3) is 0 Å². The summed E-state index contributed by atoms with van der Waals surface area (Å²) in [6.45, 7) is 5.40. The molecule has 0 spiro atoms. The summed E-state index contributed by atoms with van der Waals surface area (Å²) >= 11 is 1.45. The Morgan fingerprint density at radius 3 is 2.17 bits per heavy atom. The number of methoxy groups -OCH3 is 1. The molecule has 1 aliphatic heterocycles. The van der Waals surface area contributed by atoms with Crippen molar-refractivity contribution in [1.29, 1.82) is 0 Å². The smallest absolute Gasteiger partial charge is 0.326 e. The molecule has 1 aliphatic rings. The van der Waals surface area contributed by atoms with E-state index in [1.54, 1.807) is 24.3 Å². The van der Waals surface area contributed by atoms with E-state index in [4.69, 9.17) is 14.2 Å². The van der Waals surface area contributed by atoms with Crippen LogP contribution in [0.5, 0.6) is 0 Å². The summed E-state index contributed by atoms with van der Waals surface area (Å²) in [6.07, 6.45) is 5.07. The predicted octanol–water partition coefficient (Wildman–Crippen LogP) is -1.47. The highest BCUT2D eigenvalue weighted by atomic mass is 32.2. The molecule has 6 N–H and O–H groups in total. The fourth-order valence-corrected chi connectivity index (χ4v) is 6.51. The minimum absolute atomic E-state index is 0.0328. The number of benzene rings is 1. The van der Waals surface area contributed by atoms with Gasteiger partial charge >= 0.3 is 11.9 Å². The second-order valence-electron chi connectivity index (χ2n) is 14.9. The van der Waals surface area contributed by atoms with Crippen molar-refractivity contribution in [2.24, 2.45) is 0 Å². The molecule has 0 aliphatic carbocycles. The van der Waals surface area contributed by atoms with Crippen molar-refractivity contribution in [3.8, 4) is 0 Å². The molecule has 0 saturated carbocycles. The average molecular weight is 951 g/mol. The van der Waals surface area contributed by atoms with Gasteiger partial charge in [0.25, 0.3) is 17.7 Å². The molecule has 1 aromatic carbocycles. The second-order valence-corrected chi connectivity index (χ2v) is 15.9. The molecule has 66 heavy (non-hydrogen) atoms. The lowest BCUT2D eigenvalue weighted by Gasteiger charge is -2.23. The van der Waals surface area contributed by atoms with E-state index in [1.807, 2.05) is 30.0 Å². The Labute approximate surface area is 389 Å². The molecule has 0 radical (unpaired) electrons. The quantitative estimate of drug-likeness (QED) is 0.0254. The summed E-state index contributed by atoms with van der Waals surface area (Å²) < 4.78 is 21.0. The molecule has 1 heterocycles. The van der Waals surface area contributed by atoms with Crippen LogP contribution in [0, 0.1) is 0 Å². The van der Waals surface area contributed by atoms with E-state index in [0.29, 0.717) is 70.2 Å². The van der Waals surface area contributed by atoms with Crippen LogP contribution in [-0.4, -0.2) is 203 Å². The maximum atomic E-state index is 13.2. The number of hydrogen-bond donors (Lipinski definition) is 6. The fourth-order valence-electron chi connectivity index (χ4n) is 6.03. The van der Waals surface area contributed by atoms with Crippen LogP contribution in [0.3, 0.4) is 0 Å². The number of rotatable bonds is 36. The number of likely N-dealkylation sites (N-methyl/N-ethyl adjacent to an activating group) is 2. The lowest BCUT2D eigenvalue weighted by molar-refractivity contribution is -0.142. The van der Waals surface area contributed by atoms with Gasteiger partial charge in [0.1, 0.15) is 18.7 Å². The van der Waals surface area contributed by atoms with Gasteiger partial charge in [-0.1, -0.05) is 19.1 Å². The van der Waals surface area contributed by atoms with Gasteiger partial charge in [-0.05, 0) is 69.0 Å². The molecule has 0 fully saturated rings. The third-order valence-corrected chi connectivity index (χ3v) is 10.4. The van der Waals surface area contributed by atoms with Crippen LogP contribution in [0.15, 0.2) is 36.4 Å². The number of nitrogens with one attached hydrogen (secondary N) is 5. The number of ether oxygens (including phenoxy) is 4. The van der Waals surface area contributed by atoms with E-state index in [-0.39, 0.29) is 82.2 Å². The zero-order valence-electron chi connectivity index (χ0n) is 38.3. The minimum atomic E-state index is -1.28. The molecule has 368 valence electrons. The Hall–Kier alpha value is -5.46. The molecule has 0 unspecified atom stereocenters. The van der Waals surface area contributed by atoms with Gasteiger partial charge in [-0.3, -0.25) is 53.1 Å². The number of thioether (sulfide) groups is 1. The van der Waals surface area contributed by atoms with Crippen molar-refractivity contribution < 1.29 is 67.2 Å². The number of esters is 1. The van der Waals surface area contributed by atoms with Gasteiger partial charge in [-0.25, -0.2) is 4.79 Å². The van der Waals surface area contributed by atoms with E-state index >= 15 is 0 Å². The Kier molecular flexibility index (Phi) is 28.4. The number of imide groups is 1. The van der Waals surface area contributed by atoms with E-state index in [9.17, 15) is 48.3 Å². The molecule has 7 amide bonds. The van der Waals surface area contributed by atoms with Gasteiger partial charge in [0.05, 0.1) is 59.8 Å². The van der Waals surface area contributed by atoms with Crippen molar-refractivity contribution in [2.45, 2.75) is 51.2 Å². The van der Waals surface area contributed by atoms with Crippen LogP contribution in [0.2, 0.25) is 0 Å². The molecule has 23 heteroatoms. The average Bonchev–Trinajstić information content (AvgIpc) is 3.62. The monoisotopic (exact) mass is 950 g/mol. The number of amides is 7.